The molecule has 1 atom stereocenters. The third kappa shape index (κ3) is 2.15. The number of rotatable bonds is 2. The van der Waals surface area contributed by atoms with Crippen LogP contribution in [0.15, 0.2) is 12.4 Å². The molecule has 0 bridgehead atoms. The normalized spacial score (nSPS) is 16.0. The SMILES string of the molecule is CC(C(=O)O)N(C)C(=O)N1CCn2ccnc2C1. The fourth-order valence-corrected chi connectivity index (χ4v) is 1.89. The molecule has 1 aromatic rings. The third-order valence-corrected chi connectivity index (χ3v) is 3.26. The van der Waals surface area contributed by atoms with Crippen LogP contribution in [0.4, 0.5) is 4.79 Å². The summed E-state index contributed by atoms with van der Waals surface area (Å²) in [5.74, 6) is -0.185. The Labute approximate surface area is 105 Å². The highest BCUT2D eigenvalue weighted by molar-refractivity contribution is 5.82. The molecule has 2 heterocycles. The fourth-order valence-electron chi connectivity index (χ4n) is 1.89. The molecule has 1 aliphatic rings. The number of amides is 2. The van der Waals surface area contributed by atoms with Gasteiger partial charge in [0.25, 0.3) is 0 Å². The molecule has 98 valence electrons. The molecule has 0 spiro atoms. The number of fused-ring (bicyclic) bond motifs is 1. The van der Waals surface area contributed by atoms with Crippen molar-refractivity contribution < 1.29 is 14.7 Å². The van der Waals surface area contributed by atoms with Gasteiger partial charge in [0.05, 0.1) is 6.54 Å². The van der Waals surface area contributed by atoms with Crippen LogP contribution in [0.2, 0.25) is 0 Å². The van der Waals surface area contributed by atoms with Crippen LogP contribution in [0.5, 0.6) is 0 Å². The summed E-state index contributed by atoms with van der Waals surface area (Å²) in [5.41, 5.74) is 0. The maximum atomic E-state index is 12.1. The molecule has 1 aromatic heterocycles. The maximum Gasteiger partial charge on any atom is 0.326 e. The van der Waals surface area contributed by atoms with E-state index in [2.05, 4.69) is 4.98 Å². The summed E-state index contributed by atoms with van der Waals surface area (Å²) in [4.78, 5) is 30.0. The molecule has 0 aliphatic carbocycles. The van der Waals surface area contributed by atoms with E-state index in [4.69, 9.17) is 5.11 Å². The minimum atomic E-state index is -1.01. The van der Waals surface area contributed by atoms with Crippen molar-refractivity contribution in [1.82, 2.24) is 19.4 Å². The fraction of sp³-hybridized carbons (Fsp3) is 0.545. The van der Waals surface area contributed by atoms with Crippen LogP contribution in [0.1, 0.15) is 12.7 Å². The number of imidazole rings is 1. The van der Waals surface area contributed by atoms with Gasteiger partial charge in [-0.2, -0.15) is 0 Å². The number of aromatic nitrogens is 2. The van der Waals surface area contributed by atoms with Gasteiger partial charge in [0.1, 0.15) is 11.9 Å². The molecule has 1 aliphatic heterocycles. The molecule has 0 saturated heterocycles. The Morgan fingerprint density at radius 3 is 2.89 bits per heavy atom. The molecule has 7 heteroatoms. The van der Waals surface area contributed by atoms with E-state index in [-0.39, 0.29) is 6.03 Å². The standard InChI is InChI=1S/C11H16N4O3/c1-8(10(16)17)13(2)11(18)15-6-5-14-4-3-12-9(14)7-15/h3-4,8H,5-7H2,1-2H3,(H,16,17). The number of carbonyl (C=O) groups is 2. The predicted molar refractivity (Wildman–Crippen MR) is 62.9 cm³/mol. The first-order chi connectivity index (χ1) is 8.50. The van der Waals surface area contributed by atoms with Crippen molar-refractivity contribution in [1.29, 1.82) is 0 Å². The van der Waals surface area contributed by atoms with E-state index >= 15 is 0 Å². The number of hydrogen-bond acceptors (Lipinski definition) is 3. The number of carboxylic acid groups (broad SMARTS) is 1. The average Bonchev–Trinajstić information content (AvgIpc) is 2.82. The lowest BCUT2D eigenvalue weighted by Crippen LogP contribution is -2.49. The zero-order valence-corrected chi connectivity index (χ0v) is 10.4. The lowest BCUT2D eigenvalue weighted by Gasteiger charge is -2.32. The monoisotopic (exact) mass is 252 g/mol. The van der Waals surface area contributed by atoms with Crippen molar-refractivity contribution >= 4 is 12.0 Å². The van der Waals surface area contributed by atoms with Gasteiger partial charge >= 0.3 is 12.0 Å². The van der Waals surface area contributed by atoms with Crippen LogP contribution in [-0.4, -0.2) is 56.1 Å². The number of urea groups is 1. The molecule has 0 saturated carbocycles. The second-order valence-corrected chi connectivity index (χ2v) is 4.37. The largest absolute Gasteiger partial charge is 0.480 e. The first kappa shape index (κ1) is 12.4. The number of carbonyl (C=O) groups excluding carboxylic acids is 1. The minimum absolute atomic E-state index is 0.279. The van der Waals surface area contributed by atoms with E-state index in [9.17, 15) is 9.59 Å². The van der Waals surface area contributed by atoms with Crippen molar-refractivity contribution in [2.75, 3.05) is 13.6 Å². The quantitative estimate of drug-likeness (QED) is 0.816. The smallest absolute Gasteiger partial charge is 0.326 e. The molecule has 2 amide bonds. The Morgan fingerprint density at radius 1 is 1.50 bits per heavy atom. The van der Waals surface area contributed by atoms with Gasteiger partial charge < -0.3 is 19.5 Å². The number of nitrogens with zero attached hydrogens (tertiary/aromatic N) is 4. The first-order valence-electron chi connectivity index (χ1n) is 5.75. The number of likely N-dealkylation sites (N-methyl/N-ethyl adjacent to an activating group) is 1. The molecule has 18 heavy (non-hydrogen) atoms. The van der Waals surface area contributed by atoms with Gasteiger partial charge in [0.15, 0.2) is 0 Å². The molecule has 0 aromatic carbocycles. The highest BCUT2D eigenvalue weighted by Gasteiger charge is 2.28. The van der Waals surface area contributed by atoms with E-state index in [1.54, 1.807) is 11.1 Å². The molecular weight excluding hydrogens is 236 g/mol. The Bertz CT molecular complexity index is 471. The number of hydrogen-bond donors (Lipinski definition) is 1. The van der Waals surface area contributed by atoms with Gasteiger partial charge in [-0.15, -0.1) is 0 Å². The van der Waals surface area contributed by atoms with Gasteiger partial charge in [-0.05, 0) is 6.92 Å². The van der Waals surface area contributed by atoms with Crippen LogP contribution in [-0.2, 0) is 17.9 Å². The third-order valence-electron chi connectivity index (χ3n) is 3.26. The zero-order chi connectivity index (χ0) is 13.3. The summed E-state index contributed by atoms with van der Waals surface area (Å²) in [6, 6.07) is -1.11. The van der Waals surface area contributed by atoms with Gasteiger partial charge in [-0.3, -0.25) is 0 Å². The molecule has 0 fully saturated rings. The van der Waals surface area contributed by atoms with Gasteiger partial charge in [0.2, 0.25) is 0 Å². The molecule has 2 rings (SSSR count). The summed E-state index contributed by atoms with van der Waals surface area (Å²) in [7, 11) is 1.50. The van der Waals surface area contributed by atoms with Gasteiger partial charge in [0, 0.05) is 32.5 Å². The Balaban J connectivity index is 2.05. The number of aliphatic carboxylic acids is 1. The topological polar surface area (TPSA) is 78.7 Å². The summed E-state index contributed by atoms with van der Waals surface area (Å²) < 4.78 is 1.99. The van der Waals surface area contributed by atoms with E-state index < -0.39 is 12.0 Å². The second kappa shape index (κ2) is 4.67. The summed E-state index contributed by atoms with van der Waals surface area (Å²) in [6.45, 7) is 3.17. The van der Waals surface area contributed by atoms with E-state index in [0.29, 0.717) is 19.6 Å². The van der Waals surface area contributed by atoms with Crippen LogP contribution in [0, 0.1) is 0 Å². The lowest BCUT2D eigenvalue weighted by molar-refractivity contribution is -0.141. The molecule has 7 nitrogen and oxygen atoms in total. The Hall–Kier alpha value is -2.05. The van der Waals surface area contributed by atoms with Crippen LogP contribution in [0.3, 0.4) is 0 Å². The first-order valence-corrected chi connectivity index (χ1v) is 5.75. The minimum Gasteiger partial charge on any atom is -0.480 e. The molecule has 1 unspecified atom stereocenters. The van der Waals surface area contributed by atoms with Gasteiger partial charge in [-0.1, -0.05) is 0 Å². The van der Waals surface area contributed by atoms with Crippen molar-refractivity contribution in [2.45, 2.75) is 26.1 Å². The highest BCUT2D eigenvalue weighted by Crippen LogP contribution is 2.13. The molecule has 0 radical (unpaired) electrons. The van der Waals surface area contributed by atoms with Crippen molar-refractivity contribution in [3.8, 4) is 0 Å². The number of carboxylic acids is 1. The van der Waals surface area contributed by atoms with E-state index in [1.807, 2.05) is 10.8 Å². The van der Waals surface area contributed by atoms with E-state index in [0.717, 1.165) is 5.82 Å². The summed E-state index contributed by atoms with van der Waals surface area (Å²) >= 11 is 0. The maximum absolute atomic E-state index is 12.1. The van der Waals surface area contributed by atoms with Crippen LogP contribution < -0.4 is 0 Å². The highest BCUT2D eigenvalue weighted by atomic mass is 16.4. The second-order valence-electron chi connectivity index (χ2n) is 4.37. The molecule has 1 N–H and O–H groups in total. The van der Waals surface area contributed by atoms with Crippen molar-refractivity contribution in [3.05, 3.63) is 18.2 Å². The molecular formula is C11H16N4O3. The average molecular weight is 252 g/mol. The Kier molecular flexibility index (Phi) is 3.22. The summed E-state index contributed by atoms with van der Waals surface area (Å²) in [5, 5.41) is 8.90. The lowest BCUT2D eigenvalue weighted by atomic mass is 10.3. The van der Waals surface area contributed by atoms with Gasteiger partial charge in [-0.25, -0.2) is 14.6 Å². The van der Waals surface area contributed by atoms with Crippen LogP contribution in [0.25, 0.3) is 0 Å². The zero-order valence-electron chi connectivity index (χ0n) is 10.4. The van der Waals surface area contributed by atoms with Crippen molar-refractivity contribution in [3.63, 3.8) is 0 Å². The van der Waals surface area contributed by atoms with Crippen LogP contribution >= 0.6 is 0 Å². The summed E-state index contributed by atoms with van der Waals surface area (Å²) in [6.07, 6.45) is 3.58. The van der Waals surface area contributed by atoms with Crippen molar-refractivity contribution in [2.24, 2.45) is 0 Å². The Morgan fingerprint density at radius 2 is 2.22 bits per heavy atom. The van der Waals surface area contributed by atoms with E-state index in [1.165, 1.54) is 18.9 Å². The predicted octanol–water partition coefficient (Wildman–Crippen LogP) is 0.224.